The number of nitrogens with zero attached hydrogens (tertiary/aromatic N) is 1. The van der Waals surface area contributed by atoms with Gasteiger partial charge in [0.25, 0.3) is 5.91 Å². The van der Waals surface area contributed by atoms with Gasteiger partial charge in [0.1, 0.15) is 11.5 Å². The summed E-state index contributed by atoms with van der Waals surface area (Å²) in [6.07, 6.45) is 2.70. The number of rotatable bonds is 6. The summed E-state index contributed by atoms with van der Waals surface area (Å²) in [5.41, 5.74) is 3.53. The van der Waals surface area contributed by atoms with Gasteiger partial charge >= 0.3 is 0 Å². The number of anilines is 1. The van der Waals surface area contributed by atoms with E-state index in [-0.39, 0.29) is 11.8 Å². The molecule has 1 heterocycles. The fourth-order valence-corrected chi connectivity index (χ4v) is 1.90. The van der Waals surface area contributed by atoms with Gasteiger partial charge in [0.15, 0.2) is 0 Å². The van der Waals surface area contributed by atoms with Crippen LogP contribution in [0.3, 0.4) is 0 Å². The lowest BCUT2D eigenvalue weighted by molar-refractivity contribution is -0.116. The maximum Gasteiger partial charge on any atom is 0.271 e. The number of furan rings is 1. The summed E-state index contributed by atoms with van der Waals surface area (Å²) >= 11 is 0. The molecule has 0 aliphatic heterocycles. The quantitative estimate of drug-likeness (QED) is 0.635. The van der Waals surface area contributed by atoms with E-state index in [4.69, 9.17) is 4.42 Å². The van der Waals surface area contributed by atoms with E-state index in [9.17, 15) is 9.59 Å². The molecular formula is C17H19N3O3. The zero-order valence-electron chi connectivity index (χ0n) is 13.1. The highest BCUT2D eigenvalue weighted by molar-refractivity contribution is 5.96. The highest BCUT2D eigenvalue weighted by Crippen LogP contribution is 2.10. The van der Waals surface area contributed by atoms with Gasteiger partial charge in [-0.15, -0.1) is 0 Å². The zero-order chi connectivity index (χ0) is 16.7. The van der Waals surface area contributed by atoms with Gasteiger partial charge in [-0.2, -0.15) is 5.10 Å². The van der Waals surface area contributed by atoms with Gasteiger partial charge in [0.05, 0.1) is 6.21 Å². The van der Waals surface area contributed by atoms with Gasteiger partial charge in [0.2, 0.25) is 5.91 Å². The standard InChI is InChI=1S/C17H19N3O3/c1-3-4-16(21)19-14-8-6-13(7-9-14)17(22)20-18-11-15-10-5-12(2)23-15/h5-11H,3-4H2,1-2H3,(H,19,21)(H,20,22). The number of hydrazone groups is 1. The van der Waals surface area contributed by atoms with Crippen LogP contribution in [-0.2, 0) is 4.79 Å². The monoisotopic (exact) mass is 313 g/mol. The molecule has 0 atom stereocenters. The summed E-state index contributed by atoms with van der Waals surface area (Å²) in [6.45, 7) is 3.77. The van der Waals surface area contributed by atoms with Crippen LogP contribution < -0.4 is 10.7 Å². The number of aryl methyl sites for hydroxylation is 1. The van der Waals surface area contributed by atoms with Gasteiger partial charge in [0, 0.05) is 17.7 Å². The van der Waals surface area contributed by atoms with E-state index in [2.05, 4.69) is 15.8 Å². The Hall–Kier alpha value is -2.89. The number of nitrogens with one attached hydrogen (secondary N) is 2. The fraction of sp³-hybridized carbons (Fsp3) is 0.235. The number of amides is 2. The molecule has 6 heteroatoms. The minimum atomic E-state index is -0.337. The van der Waals surface area contributed by atoms with Crippen LogP contribution in [0.2, 0.25) is 0 Å². The van der Waals surface area contributed by atoms with Crippen LogP contribution in [-0.4, -0.2) is 18.0 Å². The van der Waals surface area contributed by atoms with Crippen LogP contribution >= 0.6 is 0 Å². The van der Waals surface area contributed by atoms with E-state index in [1.807, 2.05) is 19.9 Å². The molecule has 0 bridgehead atoms. The van der Waals surface area contributed by atoms with E-state index >= 15 is 0 Å². The van der Waals surface area contributed by atoms with Gasteiger partial charge < -0.3 is 9.73 Å². The van der Waals surface area contributed by atoms with Crippen molar-refractivity contribution in [3.8, 4) is 0 Å². The highest BCUT2D eigenvalue weighted by atomic mass is 16.3. The van der Waals surface area contributed by atoms with E-state index in [1.165, 1.54) is 6.21 Å². The van der Waals surface area contributed by atoms with Crippen molar-refractivity contribution in [2.45, 2.75) is 26.7 Å². The molecule has 6 nitrogen and oxygen atoms in total. The molecule has 2 rings (SSSR count). The molecule has 0 aliphatic carbocycles. The predicted molar refractivity (Wildman–Crippen MR) is 88.5 cm³/mol. The SMILES string of the molecule is CCCC(=O)Nc1ccc(C(=O)NN=Cc2ccc(C)o2)cc1. The molecular weight excluding hydrogens is 294 g/mol. The fourth-order valence-electron chi connectivity index (χ4n) is 1.90. The van der Waals surface area contributed by atoms with Crippen LogP contribution in [0.1, 0.15) is 41.6 Å². The lowest BCUT2D eigenvalue weighted by atomic mass is 10.2. The zero-order valence-corrected chi connectivity index (χ0v) is 13.1. The average molecular weight is 313 g/mol. The van der Waals surface area contributed by atoms with Gasteiger partial charge in [-0.3, -0.25) is 9.59 Å². The van der Waals surface area contributed by atoms with Crippen LogP contribution in [0.4, 0.5) is 5.69 Å². The van der Waals surface area contributed by atoms with Crippen LogP contribution in [0.15, 0.2) is 45.9 Å². The Labute approximate surface area is 134 Å². The van der Waals surface area contributed by atoms with Crippen molar-refractivity contribution in [2.24, 2.45) is 5.10 Å². The van der Waals surface area contributed by atoms with E-state index in [0.717, 1.165) is 12.2 Å². The van der Waals surface area contributed by atoms with Crippen LogP contribution in [0, 0.1) is 6.92 Å². The first-order chi connectivity index (χ1) is 11.1. The molecule has 2 N–H and O–H groups in total. The molecule has 120 valence electrons. The van der Waals surface area contributed by atoms with Crippen LogP contribution in [0.25, 0.3) is 0 Å². The lowest BCUT2D eigenvalue weighted by Gasteiger charge is -2.05. The average Bonchev–Trinajstić information content (AvgIpc) is 2.93. The molecule has 0 unspecified atom stereocenters. The third kappa shape index (κ3) is 5.10. The number of carbonyl (C=O) groups excluding carboxylic acids is 2. The smallest absolute Gasteiger partial charge is 0.271 e. The normalized spacial score (nSPS) is 10.7. The molecule has 0 fully saturated rings. The van der Waals surface area contributed by atoms with Crippen LogP contribution in [0.5, 0.6) is 0 Å². The van der Waals surface area contributed by atoms with Crippen molar-refractivity contribution in [1.82, 2.24) is 5.43 Å². The largest absolute Gasteiger partial charge is 0.460 e. The number of hydrogen-bond donors (Lipinski definition) is 2. The first kappa shape index (κ1) is 16.5. The minimum Gasteiger partial charge on any atom is -0.460 e. The van der Waals surface area contributed by atoms with Gasteiger partial charge in [-0.1, -0.05) is 6.92 Å². The second kappa shape index (κ2) is 7.93. The molecule has 1 aromatic carbocycles. The van der Waals surface area contributed by atoms with E-state index < -0.39 is 0 Å². The van der Waals surface area contributed by atoms with Crippen molar-refractivity contribution in [1.29, 1.82) is 0 Å². The maximum absolute atomic E-state index is 11.9. The second-order valence-electron chi connectivity index (χ2n) is 5.02. The summed E-state index contributed by atoms with van der Waals surface area (Å²) < 4.78 is 5.30. The summed E-state index contributed by atoms with van der Waals surface area (Å²) in [5, 5.41) is 6.60. The molecule has 0 spiro atoms. The van der Waals surface area contributed by atoms with E-state index in [0.29, 0.717) is 23.4 Å². The number of benzene rings is 1. The highest BCUT2D eigenvalue weighted by Gasteiger charge is 2.05. The third-order valence-electron chi connectivity index (χ3n) is 3.03. The Balaban J connectivity index is 1.89. The first-order valence-electron chi connectivity index (χ1n) is 7.38. The molecule has 1 aromatic heterocycles. The third-order valence-corrected chi connectivity index (χ3v) is 3.03. The summed E-state index contributed by atoms with van der Waals surface area (Å²) in [4.78, 5) is 23.4. The predicted octanol–water partition coefficient (Wildman–Crippen LogP) is 3.09. The number of carbonyl (C=O) groups is 2. The Morgan fingerprint density at radius 1 is 1.17 bits per heavy atom. The minimum absolute atomic E-state index is 0.0388. The second-order valence-corrected chi connectivity index (χ2v) is 5.02. The van der Waals surface area contributed by atoms with Gasteiger partial charge in [-0.05, 0) is 49.7 Å². The Morgan fingerprint density at radius 3 is 2.52 bits per heavy atom. The molecule has 23 heavy (non-hydrogen) atoms. The van der Waals surface area contributed by atoms with Crippen molar-refractivity contribution >= 4 is 23.7 Å². The van der Waals surface area contributed by atoms with Crippen molar-refractivity contribution in [2.75, 3.05) is 5.32 Å². The van der Waals surface area contributed by atoms with E-state index in [1.54, 1.807) is 30.3 Å². The first-order valence-corrected chi connectivity index (χ1v) is 7.38. The summed E-state index contributed by atoms with van der Waals surface area (Å²) in [5.74, 6) is 0.967. The van der Waals surface area contributed by atoms with Crippen molar-refractivity contribution in [3.05, 3.63) is 53.5 Å². The topological polar surface area (TPSA) is 83.7 Å². The Kier molecular flexibility index (Phi) is 5.68. The van der Waals surface area contributed by atoms with Crippen molar-refractivity contribution < 1.29 is 14.0 Å². The van der Waals surface area contributed by atoms with Gasteiger partial charge in [-0.25, -0.2) is 5.43 Å². The molecule has 2 aromatic rings. The molecule has 0 aliphatic rings. The molecule has 0 saturated carbocycles. The summed E-state index contributed by atoms with van der Waals surface area (Å²) in [6, 6.07) is 10.2. The van der Waals surface area contributed by atoms with Crippen molar-refractivity contribution in [3.63, 3.8) is 0 Å². The lowest BCUT2D eigenvalue weighted by Crippen LogP contribution is -2.17. The molecule has 2 amide bonds. The Morgan fingerprint density at radius 2 is 1.91 bits per heavy atom. The number of hydrogen-bond acceptors (Lipinski definition) is 4. The summed E-state index contributed by atoms with van der Waals surface area (Å²) in [7, 11) is 0. The maximum atomic E-state index is 11.9. The molecule has 0 saturated heterocycles. The molecule has 0 radical (unpaired) electrons. The Bertz CT molecular complexity index is 702.